The highest BCUT2D eigenvalue weighted by molar-refractivity contribution is 6.06. The number of aromatic nitrogens is 2. The first-order valence-corrected chi connectivity index (χ1v) is 13.3. The topological polar surface area (TPSA) is 90.1 Å². The minimum atomic E-state index is -0.342. The first-order valence-electron chi connectivity index (χ1n) is 13.3. The van der Waals surface area contributed by atoms with Crippen molar-refractivity contribution in [1.29, 1.82) is 0 Å². The number of nitrogens with one attached hydrogen (secondary N) is 3. The third-order valence-corrected chi connectivity index (χ3v) is 7.44. The Morgan fingerprint density at radius 1 is 1.10 bits per heavy atom. The summed E-state index contributed by atoms with van der Waals surface area (Å²) in [6.45, 7) is 0.689. The van der Waals surface area contributed by atoms with Crippen LogP contribution in [0.4, 0.5) is 21.6 Å². The van der Waals surface area contributed by atoms with E-state index >= 15 is 0 Å². The summed E-state index contributed by atoms with van der Waals surface area (Å²) in [5, 5.41) is 6.35. The van der Waals surface area contributed by atoms with Crippen molar-refractivity contribution in [3.8, 4) is 11.3 Å². The SMILES string of the molecule is CN1C[C@@H](CC2CC2)c2[nH]c(-c3ccnc(NC(=O)Cc4ccc(F)cc4)c3)c(Nc3ccccc3)c2C1=O. The lowest BCUT2D eigenvalue weighted by Crippen LogP contribution is -2.37. The number of para-hydroxylation sites is 1. The third kappa shape index (κ3) is 5.41. The number of carbonyl (C=O) groups excluding carboxylic acids is 2. The summed E-state index contributed by atoms with van der Waals surface area (Å²) in [6, 6.07) is 19.3. The highest BCUT2D eigenvalue weighted by Crippen LogP contribution is 2.46. The monoisotopic (exact) mass is 523 g/mol. The molecule has 2 aliphatic rings. The van der Waals surface area contributed by atoms with Gasteiger partial charge in [0.05, 0.1) is 23.4 Å². The maximum atomic E-state index is 13.5. The molecule has 0 bridgehead atoms. The molecule has 198 valence electrons. The van der Waals surface area contributed by atoms with Crippen LogP contribution in [0.25, 0.3) is 11.3 Å². The molecule has 1 fully saturated rings. The molecule has 0 saturated heterocycles. The van der Waals surface area contributed by atoms with E-state index in [2.05, 4.69) is 20.6 Å². The van der Waals surface area contributed by atoms with Gasteiger partial charge in [-0.2, -0.15) is 0 Å². The van der Waals surface area contributed by atoms with Gasteiger partial charge in [0.1, 0.15) is 11.6 Å². The summed E-state index contributed by atoms with van der Waals surface area (Å²) in [5.41, 5.74) is 5.54. The smallest absolute Gasteiger partial charge is 0.257 e. The molecule has 8 heteroatoms. The van der Waals surface area contributed by atoms with Gasteiger partial charge in [-0.05, 0) is 54.3 Å². The van der Waals surface area contributed by atoms with E-state index in [-0.39, 0.29) is 30.0 Å². The average molecular weight is 524 g/mol. The van der Waals surface area contributed by atoms with Gasteiger partial charge in [0.2, 0.25) is 5.91 Å². The molecule has 2 aromatic heterocycles. The lowest BCUT2D eigenvalue weighted by Gasteiger charge is -2.30. The predicted octanol–water partition coefficient (Wildman–Crippen LogP) is 6.11. The van der Waals surface area contributed by atoms with E-state index in [0.717, 1.165) is 34.7 Å². The molecule has 1 saturated carbocycles. The number of halogens is 1. The van der Waals surface area contributed by atoms with Crippen LogP contribution in [-0.2, 0) is 11.2 Å². The predicted molar refractivity (Wildman–Crippen MR) is 150 cm³/mol. The van der Waals surface area contributed by atoms with Crippen LogP contribution in [0, 0.1) is 11.7 Å². The van der Waals surface area contributed by atoms with E-state index in [0.29, 0.717) is 29.4 Å². The Kier molecular flexibility index (Phi) is 6.60. The minimum absolute atomic E-state index is 0.0140. The Morgan fingerprint density at radius 2 is 1.87 bits per heavy atom. The fraction of sp³-hybridized carbons (Fsp3) is 0.258. The number of amides is 2. The highest BCUT2D eigenvalue weighted by Gasteiger charge is 2.38. The minimum Gasteiger partial charge on any atom is -0.356 e. The summed E-state index contributed by atoms with van der Waals surface area (Å²) in [6.07, 6.45) is 5.30. The van der Waals surface area contributed by atoms with E-state index in [4.69, 9.17) is 0 Å². The summed E-state index contributed by atoms with van der Waals surface area (Å²) in [4.78, 5) is 36.0. The number of nitrogens with zero attached hydrogens (tertiary/aromatic N) is 2. The molecule has 4 aromatic rings. The van der Waals surface area contributed by atoms with Gasteiger partial charge < -0.3 is 20.5 Å². The van der Waals surface area contributed by atoms with Gasteiger partial charge in [0, 0.05) is 42.7 Å². The van der Waals surface area contributed by atoms with Gasteiger partial charge in [0.25, 0.3) is 5.91 Å². The second-order valence-electron chi connectivity index (χ2n) is 10.5. The Morgan fingerprint density at radius 3 is 2.62 bits per heavy atom. The number of carbonyl (C=O) groups is 2. The van der Waals surface area contributed by atoms with Crippen molar-refractivity contribution in [2.75, 3.05) is 24.2 Å². The quantitative estimate of drug-likeness (QED) is 0.260. The van der Waals surface area contributed by atoms with Crippen LogP contribution in [0.1, 0.15) is 46.8 Å². The first kappa shape index (κ1) is 24.9. The van der Waals surface area contributed by atoms with E-state index in [1.54, 1.807) is 24.4 Å². The van der Waals surface area contributed by atoms with Crippen LogP contribution in [0.2, 0.25) is 0 Å². The number of hydrogen-bond acceptors (Lipinski definition) is 4. The molecule has 1 atom stereocenters. The van der Waals surface area contributed by atoms with E-state index in [9.17, 15) is 14.0 Å². The van der Waals surface area contributed by atoms with Gasteiger partial charge in [0.15, 0.2) is 0 Å². The van der Waals surface area contributed by atoms with Crippen molar-refractivity contribution in [2.24, 2.45) is 5.92 Å². The van der Waals surface area contributed by atoms with Gasteiger partial charge in [-0.25, -0.2) is 9.37 Å². The molecule has 0 radical (unpaired) electrons. The second kappa shape index (κ2) is 10.4. The van der Waals surface area contributed by atoms with Crippen LogP contribution in [0.5, 0.6) is 0 Å². The van der Waals surface area contributed by atoms with E-state index in [1.807, 2.05) is 48.3 Å². The summed E-state index contributed by atoms with van der Waals surface area (Å²) in [5.74, 6) is 0.741. The number of likely N-dealkylation sites (N-methyl/N-ethyl adjacent to an activating group) is 1. The zero-order valence-electron chi connectivity index (χ0n) is 21.7. The van der Waals surface area contributed by atoms with Crippen LogP contribution >= 0.6 is 0 Å². The normalized spacial score (nSPS) is 16.6. The van der Waals surface area contributed by atoms with Gasteiger partial charge >= 0.3 is 0 Å². The van der Waals surface area contributed by atoms with E-state index in [1.165, 1.54) is 25.0 Å². The molecule has 1 aliphatic heterocycles. The number of hydrogen-bond donors (Lipinski definition) is 3. The number of rotatable bonds is 8. The Bertz CT molecular complexity index is 1510. The highest BCUT2D eigenvalue weighted by atomic mass is 19.1. The Balaban J connectivity index is 1.35. The molecule has 7 nitrogen and oxygen atoms in total. The molecule has 0 unspecified atom stereocenters. The van der Waals surface area contributed by atoms with Crippen LogP contribution in [0.3, 0.4) is 0 Å². The lowest BCUT2D eigenvalue weighted by atomic mass is 9.90. The van der Waals surface area contributed by atoms with Crippen molar-refractivity contribution in [3.63, 3.8) is 0 Å². The zero-order chi connectivity index (χ0) is 26.9. The van der Waals surface area contributed by atoms with Crippen molar-refractivity contribution < 1.29 is 14.0 Å². The standard InChI is InChI=1S/C31H30FN5O2/c1-37-18-22(15-19-7-8-19)28-27(31(37)39)30(34-24-5-3-2-4-6-24)29(36-28)21-13-14-33-25(17-21)35-26(38)16-20-9-11-23(32)12-10-20/h2-6,9-14,17,19,22,34,36H,7-8,15-16,18H2,1H3,(H,33,35,38)/t22-/m1/s1. The molecule has 1 aliphatic carbocycles. The van der Waals surface area contributed by atoms with Crippen LogP contribution in [0.15, 0.2) is 72.9 Å². The van der Waals surface area contributed by atoms with Gasteiger partial charge in [-0.1, -0.05) is 43.2 Å². The third-order valence-electron chi connectivity index (χ3n) is 7.44. The summed E-state index contributed by atoms with van der Waals surface area (Å²) >= 11 is 0. The average Bonchev–Trinajstić information content (AvgIpc) is 3.67. The fourth-order valence-electron chi connectivity index (χ4n) is 5.33. The first-order chi connectivity index (χ1) is 18.9. The molecule has 0 spiro atoms. The van der Waals surface area contributed by atoms with E-state index < -0.39 is 0 Å². The Labute approximate surface area is 226 Å². The maximum Gasteiger partial charge on any atom is 0.257 e. The van der Waals surface area contributed by atoms with Crippen molar-refractivity contribution in [3.05, 3.63) is 95.6 Å². The number of aromatic amines is 1. The van der Waals surface area contributed by atoms with Crippen LogP contribution < -0.4 is 10.6 Å². The molecule has 3 heterocycles. The Hall–Kier alpha value is -4.46. The van der Waals surface area contributed by atoms with Crippen molar-refractivity contribution >= 4 is 29.0 Å². The zero-order valence-corrected chi connectivity index (χ0v) is 21.7. The molecule has 6 rings (SSSR count). The number of pyridine rings is 1. The number of benzene rings is 2. The summed E-state index contributed by atoms with van der Waals surface area (Å²) < 4.78 is 13.2. The largest absolute Gasteiger partial charge is 0.356 e. The molecule has 39 heavy (non-hydrogen) atoms. The van der Waals surface area contributed by atoms with Crippen molar-refractivity contribution in [2.45, 2.75) is 31.6 Å². The second-order valence-corrected chi connectivity index (χ2v) is 10.5. The number of anilines is 3. The molecule has 3 N–H and O–H groups in total. The molecule has 2 amide bonds. The fourth-order valence-corrected chi connectivity index (χ4v) is 5.33. The number of H-pyrrole nitrogens is 1. The van der Waals surface area contributed by atoms with Crippen LogP contribution in [-0.4, -0.2) is 40.3 Å². The maximum absolute atomic E-state index is 13.5. The molecular weight excluding hydrogens is 493 g/mol. The number of fused-ring (bicyclic) bond motifs is 1. The molecular formula is C31H30FN5O2. The summed E-state index contributed by atoms with van der Waals surface area (Å²) in [7, 11) is 1.87. The lowest BCUT2D eigenvalue weighted by molar-refractivity contribution is -0.115. The van der Waals surface area contributed by atoms with Gasteiger partial charge in [-0.3, -0.25) is 9.59 Å². The van der Waals surface area contributed by atoms with Gasteiger partial charge in [-0.15, -0.1) is 0 Å². The molecule has 2 aromatic carbocycles. The van der Waals surface area contributed by atoms with Crippen molar-refractivity contribution in [1.82, 2.24) is 14.9 Å².